The van der Waals surface area contributed by atoms with Crippen LogP contribution in [0, 0.1) is 0 Å². The Balaban J connectivity index is 0.000000511. The molecule has 0 bridgehead atoms. The zero-order valence-electron chi connectivity index (χ0n) is 13.4. The van der Waals surface area contributed by atoms with E-state index in [2.05, 4.69) is 4.74 Å². The number of phenols is 1. The number of esters is 1. The van der Waals surface area contributed by atoms with Crippen molar-refractivity contribution in [1.82, 2.24) is 0 Å². The third-order valence-electron chi connectivity index (χ3n) is 2.89. The fraction of sp³-hybridized carbons (Fsp3) is 0.429. The van der Waals surface area contributed by atoms with Crippen molar-refractivity contribution in [2.24, 2.45) is 0 Å². The summed E-state index contributed by atoms with van der Waals surface area (Å²) in [5.41, 5.74) is 0. The Kier molecular flexibility index (Phi) is 11.9. The van der Waals surface area contributed by atoms with Crippen LogP contribution >= 0.6 is 58.0 Å². The molecule has 0 aromatic heterocycles. The van der Waals surface area contributed by atoms with Gasteiger partial charge < -0.3 is 30.3 Å². The van der Waals surface area contributed by atoms with Crippen LogP contribution in [-0.4, -0.2) is 68.8 Å². The van der Waals surface area contributed by atoms with E-state index >= 15 is 0 Å². The Labute approximate surface area is 178 Å². The molecule has 0 fully saturated rings. The van der Waals surface area contributed by atoms with Gasteiger partial charge in [-0.15, -0.1) is 0 Å². The van der Waals surface area contributed by atoms with Crippen molar-refractivity contribution in [3.05, 3.63) is 25.1 Å². The molecule has 4 atom stereocenters. The van der Waals surface area contributed by atoms with Crippen LogP contribution in [0.25, 0.3) is 0 Å². The summed E-state index contributed by atoms with van der Waals surface area (Å²) in [7, 11) is 0. The number of hydrogen-bond acceptors (Lipinski definition) is 8. The summed E-state index contributed by atoms with van der Waals surface area (Å²) in [6.07, 6.45) is -6.62. The molecule has 8 nitrogen and oxygen atoms in total. The van der Waals surface area contributed by atoms with Gasteiger partial charge in [-0.1, -0.05) is 58.0 Å². The van der Waals surface area contributed by atoms with Crippen molar-refractivity contribution in [3.8, 4) is 5.75 Å². The number of phenolic OH excluding ortho intramolecular Hbond substituents is 1. The molecule has 5 N–H and O–H groups in total. The first-order chi connectivity index (χ1) is 12.4. The lowest BCUT2D eigenvalue weighted by Crippen LogP contribution is -2.47. The number of benzene rings is 1. The van der Waals surface area contributed by atoms with Crippen LogP contribution in [0.3, 0.4) is 0 Å². The Morgan fingerprint density at radius 2 is 1.37 bits per heavy atom. The van der Waals surface area contributed by atoms with E-state index in [9.17, 15) is 24.9 Å². The van der Waals surface area contributed by atoms with E-state index in [4.69, 9.17) is 68.2 Å². The summed E-state index contributed by atoms with van der Waals surface area (Å²) in [4.78, 5) is 20.9. The molecule has 1 rings (SSSR count). The highest BCUT2D eigenvalue weighted by Crippen LogP contribution is 2.47. The standard InChI is InChI=1S/C8H14O7.C6HCl5O/c1-4(11)15-6(3-10)8(14)7(13)5(12)2-9;7-1-2(8)4(10)6(12)5(11)3(1)9/h3,5-9,12-14H,2H2,1H3;12H/t5-,6-,7-,8-;/m1./s1. The Bertz CT molecular complexity index is 566. The molecule has 0 amide bonds. The number of ether oxygens (including phenoxy) is 1. The third-order valence-corrected chi connectivity index (χ3v) is 5.15. The van der Waals surface area contributed by atoms with Gasteiger partial charge in [0.1, 0.15) is 28.4 Å². The molecule has 1 aromatic carbocycles. The first-order valence-electron chi connectivity index (χ1n) is 6.88. The molecule has 0 spiro atoms. The number of hydrogen-bond donors (Lipinski definition) is 5. The highest BCUT2D eigenvalue weighted by atomic mass is 35.5. The van der Waals surface area contributed by atoms with Crippen molar-refractivity contribution < 1.29 is 39.9 Å². The number of aliphatic hydroxyl groups excluding tert-OH is 4. The lowest BCUT2D eigenvalue weighted by molar-refractivity contribution is -0.166. The molecule has 13 heteroatoms. The van der Waals surface area contributed by atoms with Crippen LogP contribution in [0.2, 0.25) is 25.1 Å². The molecule has 154 valence electrons. The predicted octanol–water partition coefficient (Wildman–Crippen LogP) is 1.85. The Morgan fingerprint density at radius 3 is 1.70 bits per heavy atom. The summed E-state index contributed by atoms with van der Waals surface area (Å²) in [5.74, 6) is -1.17. The van der Waals surface area contributed by atoms with Gasteiger partial charge in [0.2, 0.25) is 0 Å². The molecule has 0 aliphatic rings. The monoisotopic (exact) mass is 486 g/mol. The lowest BCUT2D eigenvalue weighted by Gasteiger charge is -2.24. The lowest BCUT2D eigenvalue weighted by atomic mass is 10.0. The van der Waals surface area contributed by atoms with Gasteiger partial charge in [0, 0.05) is 6.92 Å². The smallest absolute Gasteiger partial charge is 0.303 e. The van der Waals surface area contributed by atoms with E-state index in [1.165, 1.54) is 0 Å². The van der Waals surface area contributed by atoms with Crippen LogP contribution in [0.4, 0.5) is 0 Å². The molecule has 1 aromatic rings. The first-order valence-corrected chi connectivity index (χ1v) is 8.77. The molecule has 0 heterocycles. The molecule has 0 radical (unpaired) electrons. The summed E-state index contributed by atoms with van der Waals surface area (Å²) in [6, 6.07) is 0. The predicted molar refractivity (Wildman–Crippen MR) is 99.9 cm³/mol. The maximum absolute atomic E-state index is 10.5. The fourth-order valence-electron chi connectivity index (χ4n) is 1.49. The highest BCUT2D eigenvalue weighted by Gasteiger charge is 2.32. The van der Waals surface area contributed by atoms with Gasteiger partial charge in [0.15, 0.2) is 18.1 Å². The van der Waals surface area contributed by atoms with Crippen molar-refractivity contribution in [2.75, 3.05) is 6.61 Å². The molecule has 0 unspecified atom stereocenters. The van der Waals surface area contributed by atoms with Crippen molar-refractivity contribution in [1.29, 1.82) is 0 Å². The quantitative estimate of drug-likeness (QED) is 0.177. The third kappa shape index (κ3) is 7.41. The number of aldehydes is 1. The average Bonchev–Trinajstić information content (AvgIpc) is 2.65. The molecule has 27 heavy (non-hydrogen) atoms. The number of rotatable bonds is 6. The van der Waals surface area contributed by atoms with E-state index < -0.39 is 37.0 Å². The Hall–Kier alpha value is -0.550. The van der Waals surface area contributed by atoms with Crippen LogP contribution in [0.15, 0.2) is 0 Å². The van der Waals surface area contributed by atoms with Gasteiger partial charge in [-0.2, -0.15) is 0 Å². The summed E-state index contributed by atoms with van der Waals surface area (Å²) >= 11 is 27.9. The van der Waals surface area contributed by atoms with Gasteiger partial charge in [0.05, 0.1) is 21.7 Å². The Morgan fingerprint density at radius 1 is 0.963 bits per heavy atom. The van der Waals surface area contributed by atoms with Crippen LogP contribution < -0.4 is 0 Å². The second-order valence-corrected chi connectivity index (χ2v) is 6.75. The van der Waals surface area contributed by atoms with Crippen molar-refractivity contribution in [2.45, 2.75) is 31.3 Å². The van der Waals surface area contributed by atoms with Gasteiger partial charge >= 0.3 is 5.97 Å². The summed E-state index contributed by atoms with van der Waals surface area (Å²) < 4.78 is 4.37. The molecular formula is C14H15Cl5O8. The van der Waals surface area contributed by atoms with E-state index in [1.54, 1.807) is 0 Å². The highest BCUT2D eigenvalue weighted by molar-refractivity contribution is 6.55. The number of aliphatic hydroxyl groups is 4. The van der Waals surface area contributed by atoms with E-state index in [1.807, 2.05) is 0 Å². The zero-order valence-corrected chi connectivity index (χ0v) is 17.2. The van der Waals surface area contributed by atoms with Gasteiger partial charge in [-0.25, -0.2) is 0 Å². The second-order valence-electron chi connectivity index (χ2n) is 4.86. The minimum atomic E-state index is -1.78. The maximum Gasteiger partial charge on any atom is 0.303 e. The fourth-order valence-corrected chi connectivity index (χ4v) is 2.62. The number of halogens is 5. The molecule has 0 aliphatic heterocycles. The molecule has 0 saturated carbocycles. The zero-order chi connectivity index (χ0) is 21.5. The minimum Gasteiger partial charge on any atom is -0.505 e. The van der Waals surface area contributed by atoms with Gasteiger partial charge in [-0.3, -0.25) is 9.59 Å². The van der Waals surface area contributed by atoms with Crippen LogP contribution in [0.1, 0.15) is 6.92 Å². The SMILES string of the molecule is CC(=O)O[C@H](C=O)[C@@H](O)[C@H](O)[C@H](O)CO.Oc1c(Cl)c(Cl)c(Cl)c(Cl)c1Cl. The average molecular weight is 489 g/mol. The minimum absolute atomic E-state index is 0.00904. The van der Waals surface area contributed by atoms with Crippen LogP contribution in [-0.2, 0) is 14.3 Å². The molecular weight excluding hydrogens is 473 g/mol. The maximum atomic E-state index is 10.5. The van der Waals surface area contributed by atoms with Gasteiger partial charge in [0.25, 0.3) is 0 Å². The number of carbonyl (C=O) groups is 2. The normalized spacial score (nSPS) is 15.0. The van der Waals surface area contributed by atoms with E-state index in [0.717, 1.165) is 6.92 Å². The number of aromatic hydroxyl groups is 1. The molecule has 0 aliphatic carbocycles. The van der Waals surface area contributed by atoms with E-state index in [-0.39, 0.29) is 37.1 Å². The van der Waals surface area contributed by atoms with Crippen molar-refractivity contribution in [3.63, 3.8) is 0 Å². The topological polar surface area (TPSA) is 145 Å². The summed E-state index contributed by atoms with van der Waals surface area (Å²) in [6.45, 7) is 0.238. The van der Waals surface area contributed by atoms with Gasteiger partial charge in [-0.05, 0) is 0 Å². The van der Waals surface area contributed by atoms with Crippen LogP contribution in [0.5, 0.6) is 5.75 Å². The first kappa shape index (κ1) is 26.4. The number of carbonyl (C=O) groups excluding carboxylic acids is 2. The summed E-state index contributed by atoms with van der Waals surface area (Å²) in [5, 5.41) is 44.9. The largest absolute Gasteiger partial charge is 0.505 e. The second kappa shape index (κ2) is 12.1. The van der Waals surface area contributed by atoms with Crippen molar-refractivity contribution >= 4 is 70.3 Å². The molecule has 0 saturated heterocycles. The van der Waals surface area contributed by atoms with E-state index in [0.29, 0.717) is 0 Å².